The molecule has 2 aliphatic carbocycles. The highest BCUT2D eigenvalue weighted by molar-refractivity contribution is 5.26. The van der Waals surface area contributed by atoms with Gasteiger partial charge in [-0.05, 0) is 105 Å². The molecule has 174 valence electrons. The van der Waals surface area contributed by atoms with E-state index in [0.29, 0.717) is 5.92 Å². The lowest BCUT2D eigenvalue weighted by Gasteiger charge is -2.37. The molecule has 2 fully saturated rings. The monoisotopic (exact) mass is 435 g/mol. The normalized spacial score (nSPS) is 26.8. The van der Waals surface area contributed by atoms with Gasteiger partial charge in [-0.1, -0.05) is 69.0 Å². The first-order chi connectivity index (χ1) is 15.7. The van der Waals surface area contributed by atoms with Crippen LogP contribution in [0.2, 0.25) is 0 Å². The van der Waals surface area contributed by atoms with E-state index in [9.17, 15) is 4.39 Å². The molecule has 2 saturated carbocycles. The summed E-state index contributed by atoms with van der Waals surface area (Å²) in [4.78, 5) is 0. The zero-order valence-electron chi connectivity index (χ0n) is 20.1. The smallest absolute Gasteiger partial charge is 0.195 e. The van der Waals surface area contributed by atoms with Crippen LogP contribution in [0.3, 0.4) is 0 Å². The highest BCUT2D eigenvalue weighted by Gasteiger charge is 2.30. The summed E-state index contributed by atoms with van der Waals surface area (Å²) in [6.45, 7) is 2.28. The first-order valence-electron chi connectivity index (χ1n) is 13.2. The molecule has 0 unspecified atom stereocenters. The average molecular weight is 436 g/mol. The minimum absolute atomic E-state index is 0.551. The van der Waals surface area contributed by atoms with Gasteiger partial charge in [-0.2, -0.15) is 9.65 Å². The number of hydrogen-bond acceptors (Lipinski definition) is 1. The maximum Gasteiger partial charge on any atom is 0.199 e. The first kappa shape index (κ1) is 24.8. The van der Waals surface area contributed by atoms with Crippen LogP contribution in [0.5, 0.6) is 0 Å². The van der Waals surface area contributed by atoms with Crippen LogP contribution >= 0.6 is 0 Å². The number of allylic oxidation sites excluding steroid dienone is 4. The predicted molar refractivity (Wildman–Crippen MR) is 133 cm³/mol. The van der Waals surface area contributed by atoms with Crippen molar-refractivity contribution < 1.29 is 4.39 Å². The van der Waals surface area contributed by atoms with Crippen LogP contribution in [0.4, 0.5) is 4.39 Å². The Morgan fingerprint density at radius 2 is 1.53 bits per heavy atom. The molecule has 1 nitrogen and oxygen atoms in total. The van der Waals surface area contributed by atoms with Gasteiger partial charge in [0.05, 0.1) is 0 Å². The van der Waals surface area contributed by atoms with Gasteiger partial charge in [0.2, 0.25) is 0 Å². The Balaban J connectivity index is 1.37. The molecule has 1 aromatic carbocycles. The summed E-state index contributed by atoms with van der Waals surface area (Å²) in [6.07, 6.45) is 23.6. The van der Waals surface area contributed by atoms with E-state index < -0.39 is 5.83 Å². The molecule has 0 aliphatic heterocycles. The molecule has 2 aliphatic rings. The number of benzene rings is 1. The highest BCUT2D eigenvalue weighted by atomic mass is 19.1. The molecule has 3 rings (SSSR count). The molecule has 0 atom stereocenters. The number of rotatable bonds is 10. The van der Waals surface area contributed by atoms with E-state index in [1.807, 2.05) is 0 Å². The molecule has 0 aromatic heterocycles. The van der Waals surface area contributed by atoms with Crippen LogP contribution < -0.4 is 0 Å². The van der Waals surface area contributed by atoms with Crippen LogP contribution in [-0.2, 0) is 6.42 Å². The van der Waals surface area contributed by atoms with Gasteiger partial charge >= 0.3 is 0 Å². The average Bonchev–Trinajstić information content (AvgIpc) is 2.85. The van der Waals surface area contributed by atoms with E-state index in [0.717, 1.165) is 17.8 Å². The molecule has 0 radical (unpaired) electrons. The van der Waals surface area contributed by atoms with Crippen LogP contribution in [0.15, 0.2) is 48.3 Å². The molecule has 0 saturated heterocycles. The minimum Gasteiger partial charge on any atom is -0.195 e. The summed E-state index contributed by atoms with van der Waals surface area (Å²) >= 11 is 0. The fourth-order valence-corrected chi connectivity index (χ4v) is 5.96. The summed E-state index contributed by atoms with van der Waals surface area (Å²) in [5, 5.41) is 8.48. The number of halogens is 1. The topological polar surface area (TPSA) is 23.8 Å². The molecule has 2 heteroatoms. The second kappa shape index (κ2) is 13.6. The summed E-state index contributed by atoms with van der Waals surface area (Å²) in [5.74, 6) is 2.38. The Kier molecular flexibility index (Phi) is 10.5. The molecule has 0 bridgehead atoms. The lowest BCUT2D eigenvalue weighted by molar-refractivity contribution is 0.171. The van der Waals surface area contributed by atoms with Gasteiger partial charge in [-0.3, -0.25) is 0 Å². The Hall–Kier alpha value is -1.88. The Morgan fingerprint density at radius 3 is 2.16 bits per heavy atom. The van der Waals surface area contributed by atoms with Gasteiger partial charge in [0, 0.05) is 0 Å². The van der Waals surface area contributed by atoms with E-state index in [2.05, 4.69) is 37.3 Å². The number of nitrogens with zero attached hydrogens (tertiary/aromatic N) is 1. The van der Waals surface area contributed by atoms with Crippen LogP contribution in [0, 0.1) is 29.1 Å². The van der Waals surface area contributed by atoms with Gasteiger partial charge in [0.25, 0.3) is 0 Å². The predicted octanol–water partition coefficient (Wildman–Crippen LogP) is 9.21. The number of hydrogen-bond donors (Lipinski definition) is 0. The zero-order valence-corrected chi connectivity index (χ0v) is 20.1. The summed E-state index contributed by atoms with van der Waals surface area (Å²) in [6, 6.07) is 11.1. The van der Waals surface area contributed by atoms with Crippen molar-refractivity contribution in [2.75, 3.05) is 0 Å². The second-order valence-corrected chi connectivity index (χ2v) is 10.2. The van der Waals surface area contributed by atoms with Gasteiger partial charge in [0.15, 0.2) is 5.83 Å². The second-order valence-electron chi connectivity index (χ2n) is 10.2. The maximum atomic E-state index is 12.9. The quantitative estimate of drug-likeness (QED) is 0.204. The van der Waals surface area contributed by atoms with E-state index in [1.54, 1.807) is 11.6 Å². The molecule has 32 heavy (non-hydrogen) atoms. The lowest BCUT2D eigenvalue weighted by Crippen LogP contribution is -2.25. The molecular weight excluding hydrogens is 393 g/mol. The van der Waals surface area contributed by atoms with Gasteiger partial charge < -0.3 is 0 Å². The van der Waals surface area contributed by atoms with Crippen LogP contribution in [0.1, 0.15) is 107 Å². The van der Waals surface area contributed by atoms with Crippen molar-refractivity contribution in [3.05, 3.63) is 59.4 Å². The zero-order chi connectivity index (χ0) is 22.6. The summed E-state index contributed by atoms with van der Waals surface area (Å²) in [7, 11) is 0. The van der Waals surface area contributed by atoms with E-state index in [4.69, 9.17) is 5.26 Å². The third-order valence-electron chi connectivity index (χ3n) is 8.01. The van der Waals surface area contributed by atoms with Crippen molar-refractivity contribution in [2.24, 2.45) is 17.8 Å². The Morgan fingerprint density at radius 1 is 0.906 bits per heavy atom. The standard InChI is InChI=1S/C30H42FN/c1-2-3-4-5-6-8-24-11-15-26(16-12-24)28-19-21-29(22-20-28)27-17-13-25(14-18-27)9-7-10-30(31)23-32/h7,9-12,15-16,25,27-29H,2-6,8,13-14,17-22H2,1H3. The third kappa shape index (κ3) is 7.91. The fourth-order valence-electron chi connectivity index (χ4n) is 5.96. The summed E-state index contributed by atoms with van der Waals surface area (Å²) in [5.41, 5.74) is 3.07. The largest absolute Gasteiger partial charge is 0.199 e. The van der Waals surface area contributed by atoms with E-state index >= 15 is 0 Å². The minimum atomic E-state index is -0.705. The van der Waals surface area contributed by atoms with Gasteiger partial charge in [-0.25, -0.2) is 0 Å². The fraction of sp³-hybridized carbons (Fsp3) is 0.633. The maximum absolute atomic E-state index is 12.9. The summed E-state index contributed by atoms with van der Waals surface area (Å²) < 4.78 is 12.9. The van der Waals surface area contributed by atoms with Crippen LogP contribution in [0.25, 0.3) is 0 Å². The molecule has 1 aromatic rings. The van der Waals surface area contributed by atoms with Crippen molar-refractivity contribution >= 4 is 0 Å². The van der Waals surface area contributed by atoms with Crippen molar-refractivity contribution in [1.82, 2.24) is 0 Å². The Labute approximate surface area is 195 Å². The van der Waals surface area contributed by atoms with Crippen molar-refractivity contribution in [2.45, 2.75) is 103 Å². The van der Waals surface area contributed by atoms with Gasteiger partial charge in [-0.15, -0.1) is 0 Å². The lowest BCUT2D eigenvalue weighted by atomic mass is 9.68. The third-order valence-corrected chi connectivity index (χ3v) is 8.01. The molecule has 0 amide bonds. The van der Waals surface area contributed by atoms with Crippen molar-refractivity contribution in [1.29, 1.82) is 5.26 Å². The molecular formula is C30H42FN. The number of unbranched alkanes of at least 4 members (excludes halogenated alkanes) is 4. The molecule has 0 heterocycles. The van der Waals surface area contributed by atoms with E-state index in [-0.39, 0.29) is 0 Å². The van der Waals surface area contributed by atoms with Crippen molar-refractivity contribution in [3.8, 4) is 6.07 Å². The van der Waals surface area contributed by atoms with E-state index in [1.165, 1.54) is 108 Å². The first-order valence-corrected chi connectivity index (χ1v) is 13.2. The number of aryl methyl sites for hydroxylation is 1. The van der Waals surface area contributed by atoms with Crippen molar-refractivity contribution in [3.63, 3.8) is 0 Å². The Bertz CT molecular complexity index is 753. The number of nitriles is 1. The molecule has 0 N–H and O–H groups in total. The van der Waals surface area contributed by atoms with Gasteiger partial charge in [0.1, 0.15) is 6.07 Å². The highest BCUT2D eigenvalue weighted by Crippen LogP contribution is 2.44. The van der Waals surface area contributed by atoms with Crippen LogP contribution in [-0.4, -0.2) is 0 Å². The molecule has 0 spiro atoms. The SMILES string of the molecule is CCCCCCCc1ccc(C2CCC(C3CCC(C=CC=C(F)C#N)CC3)CC2)cc1.